The Bertz CT molecular complexity index is 544. The van der Waals surface area contributed by atoms with Crippen LogP contribution in [0, 0.1) is 0 Å². The Hall–Kier alpha value is -1.59. The Kier molecular flexibility index (Phi) is 3.61. The predicted octanol–water partition coefficient (Wildman–Crippen LogP) is 0.935. The first-order valence-electron chi connectivity index (χ1n) is 5.60. The van der Waals surface area contributed by atoms with Gasteiger partial charge in [-0.15, -0.1) is 0 Å². The maximum Gasteiger partial charge on any atom is 0.417 e. The number of hydrogen-bond acceptors (Lipinski definition) is 4. The molecule has 0 amide bonds. The molecule has 0 aliphatic carbocycles. The van der Waals surface area contributed by atoms with Gasteiger partial charge in [-0.2, -0.15) is 0 Å². The zero-order valence-electron chi connectivity index (χ0n) is 9.77. The lowest BCUT2D eigenvalue weighted by molar-refractivity contribution is 0.244. The van der Waals surface area contributed by atoms with Crippen molar-refractivity contribution in [3.63, 3.8) is 0 Å². The van der Waals surface area contributed by atoms with Crippen molar-refractivity contribution in [3.05, 3.63) is 34.3 Å². The Morgan fingerprint density at radius 1 is 1.47 bits per heavy atom. The summed E-state index contributed by atoms with van der Waals surface area (Å²) in [4.78, 5) is 15.7. The van der Waals surface area contributed by atoms with Crippen LogP contribution in [0.1, 0.15) is 12.0 Å². The van der Waals surface area contributed by atoms with Gasteiger partial charge in [-0.1, -0.05) is 6.07 Å². The molecule has 1 aromatic carbocycles. The zero-order chi connectivity index (χ0) is 12.3. The quantitative estimate of drug-likeness (QED) is 0.810. The predicted molar refractivity (Wildman–Crippen MR) is 64.9 cm³/mol. The molecule has 5 nitrogen and oxygen atoms in total. The largest absolute Gasteiger partial charge is 0.417 e. The normalized spacial score (nSPS) is 11.5. The average molecular weight is 236 g/mol. The van der Waals surface area contributed by atoms with E-state index in [-0.39, 0.29) is 6.61 Å². The van der Waals surface area contributed by atoms with E-state index in [1.807, 2.05) is 25.2 Å². The fraction of sp³-hybridized carbons (Fsp3) is 0.417. The second kappa shape index (κ2) is 5.16. The average Bonchev–Trinajstić information content (AvgIpc) is 2.65. The van der Waals surface area contributed by atoms with Crippen LogP contribution in [0.25, 0.3) is 11.1 Å². The van der Waals surface area contributed by atoms with Crippen LogP contribution in [-0.4, -0.2) is 35.2 Å². The van der Waals surface area contributed by atoms with E-state index < -0.39 is 5.76 Å². The highest BCUT2D eigenvalue weighted by Gasteiger charge is 2.04. The van der Waals surface area contributed by atoms with Crippen molar-refractivity contribution < 1.29 is 9.52 Å². The second-order valence-corrected chi connectivity index (χ2v) is 4.16. The first kappa shape index (κ1) is 11.9. The second-order valence-electron chi connectivity index (χ2n) is 4.16. The van der Waals surface area contributed by atoms with Crippen LogP contribution < -0.4 is 5.76 Å². The molecular weight excluding hydrogens is 220 g/mol. The summed E-state index contributed by atoms with van der Waals surface area (Å²) in [6.45, 7) is 1.81. The molecule has 1 heterocycles. The van der Waals surface area contributed by atoms with E-state index >= 15 is 0 Å². The van der Waals surface area contributed by atoms with Gasteiger partial charge in [0.2, 0.25) is 0 Å². The summed E-state index contributed by atoms with van der Waals surface area (Å²) in [5, 5.41) is 8.74. The number of nitrogens with one attached hydrogen (secondary N) is 1. The topological polar surface area (TPSA) is 69.5 Å². The minimum atomic E-state index is -0.425. The van der Waals surface area contributed by atoms with Crippen molar-refractivity contribution in [2.24, 2.45) is 0 Å². The lowest BCUT2D eigenvalue weighted by atomic mass is 10.2. The van der Waals surface area contributed by atoms with Gasteiger partial charge >= 0.3 is 5.76 Å². The molecule has 0 saturated heterocycles. The van der Waals surface area contributed by atoms with E-state index in [1.165, 1.54) is 0 Å². The Morgan fingerprint density at radius 2 is 2.29 bits per heavy atom. The van der Waals surface area contributed by atoms with Crippen LogP contribution in [0.15, 0.2) is 27.4 Å². The molecule has 1 aromatic heterocycles. The molecule has 0 fully saturated rings. The molecule has 2 aromatic rings. The minimum Gasteiger partial charge on any atom is -0.408 e. The maximum absolute atomic E-state index is 11.0. The standard InChI is InChI=1S/C12H16N2O3/c1-14(5-2-6-15)8-9-3-4-10-11(7-9)17-12(16)13-10/h3-4,7,15H,2,5-6,8H2,1H3,(H,13,16). The van der Waals surface area contributed by atoms with Crippen molar-refractivity contribution in [1.82, 2.24) is 9.88 Å². The van der Waals surface area contributed by atoms with Crippen molar-refractivity contribution in [2.75, 3.05) is 20.2 Å². The number of fused-ring (bicyclic) bond motifs is 1. The number of aromatic nitrogens is 1. The number of aromatic amines is 1. The summed E-state index contributed by atoms with van der Waals surface area (Å²) in [6.07, 6.45) is 0.762. The van der Waals surface area contributed by atoms with Crippen molar-refractivity contribution in [1.29, 1.82) is 0 Å². The van der Waals surface area contributed by atoms with Gasteiger partial charge in [0.1, 0.15) is 0 Å². The molecule has 0 bridgehead atoms. The monoisotopic (exact) mass is 236 g/mol. The van der Waals surface area contributed by atoms with Crippen LogP contribution in [0.5, 0.6) is 0 Å². The highest BCUT2D eigenvalue weighted by molar-refractivity contribution is 5.72. The molecule has 0 radical (unpaired) electrons. The highest BCUT2D eigenvalue weighted by atomic mass is 16.4. The fourth-order valence-electron chi connectivity index (χ4n) is 1.82. The fourth-order valence-corrected chi connectivity index (χ4v) is 1.82. The summed E-state index contributed by atoms with van der Waals surface area (Å²) in [5.41, 5.74) is 2.39. The molecular formula is C12H16N2O3. The minimum absolute atomic E-state index is 0.204. The third kappa shape index (κ3) is 2.95. The number of nitrogens with zero attached hydrogens (tertiary/aromatic N) is 1. The van der Waals surface area contributed by atoms with Crippen LogP contribution >= 0.6 is 0 Å². The summed E-state index contributed by atoms with van der Waals surface area (Å²) < 4.78 is 5.00. The summed E-state index contributed by atoms with van der Waals surface area (Å²) in [7, 11) is 1.99. The van der Waals surface area contributed by atoms with Crippen LogP contribution in [-0.2, 0) is 6.54 Å². The van der Waals surface area contributed by atoms with E-state index in [9.17, 15) is 4.79 Å². The Balaban J connectivity index is 2.10. The van der Waals surface area contributed by atoms with Gasteiger partial charge in [0.15, 0.2) is 5.58 Å². The molecule has 0 aliphatic heterocycles. The smallest absolute Gasteiger partial charge is 0.408 e. The number of benzene rings is 1. The van der Waals surface area contributed by atoms with Gasteiger partial charge in [-0.25, -0.2) is 4.79 Å². The third-order valence-electron chi connectivity index (χ3n) is 2.64. The molecule has 0 atom stereocenters. The van der Waals surface area contributed by atoms with E-state index in [0.29, 0.717) is 5.58 Å². The van der Waals surface area contributed by atoms with Crippen molar-refractivity contribution in [2.45, 2.75) is 13.0 Å². The van der Waals surface area contributed by atoms with Crippen molar-refractivity contribution in [3.8, 4) is 0 Å². The highest BCUT2D eigenvalue weighted by Crippen LogP contribution is 2.13. The Morgan fingerprint density at radius 3 is 3.06 bits per heavy atom. The van der Waals surface area contributed by atoms with Gasteiger partial charge in [0.25, 0.3) is 0 Å². The molecule has 0 spiro atoms. The summed E-state index contributed by atoms with van der Waals surface area (Å²) in [6, 6.07) is 5.67. The molecule has 17 heavy (non-hydrogen) atoms. The summed E-state index contributed by atoms with van der Waals surface area (Å²) >= 11 is 0. The third-order valence-corrected chi connectivity index (χ3v) is 2.64. The number of H-pyrrole nitrogens is 1. The lowest BCUT2D eigenvalue weighted by Gasteiger charge is -2.15. The number of oxazole rings is 1. The van der Waals surface area contributed by atoms with Crippen LogP contribution in [0.4, 0.5) is 0 Å². The number of rotatable bonds is 5. The van der Waals surface area contributed by atoms with Gasteiger partial charge in [0, 0.05) is 19.7 Å². The molecule has 2 N–H and O–H groups in total. The van der Waals surface area contributed by atoms with Gasteiger partial charge in [-0.3, -0.25) is 4.98 Å². The number of aliphatic hydroxyl groups is 1. The molecule has 0 aliphatic rings. The summed E-state index contributed by atoms with van der Waals surface area (Å²) in [5.74, 6) is -0.425. The first-order valence-corrected chi connectivity index (χ1v) is 5.60. The van der Waals surface area contributed by atoms with Crippen LogP contribution in [0.3, 0.4) is 0 Å². The lowest BCUT2D eigenvalue weighted by Crippen LogP contribution is -2.19. The SMILES string of the molecule is CN(CCCO)Cc1ccc2[nH]c(=O)oc2c1. The molecule has 0 saturated carbocycles. The van der Waals surface area contributed by atoms with E-state index in [0.717, 1.165) is 30.6 Å². The zero-order valence-corrected chi connectivity index (χ0v) is 9.77. The van der Waals surface area contributed by atoms with Gasteiger partial charge in [0.05, 0.1) is 5.52 Å². The van der Waals surface area contributed by atoms with Crippen LogP contribution in [0.2, 0.25) is 0 Å². The van der Waals surface area contributed by atoms with Gasteiger partial charge in [-0.05, 0) is 31.2 Å². The van der Waals surface area contributed by atoms with E-state index in [1.54, 1.807) is 0 Å². The molecule has 0 unspecified atom stereocenters. The Labute approximate surface area is 98.7 Å². The number of aliphatic hydroxyl groups excluding tert-OH is 1. The molecule has 2 rings (SSSR count). The van der Waals surface area contributed by atoms with E-state index in [2.05, 4.69) is 9.88 Å². The van der Waals surface area contributed by atoms with Gasteiger partial charge < -0.3 is 14.4 Å². The maximum atomic E-state index is 11.0. The first-order chi connectivity index (χ1) is 8.19. The van der Waals surface area contributed by atoms with Crippen molar-refractivity contribution >= 4 is 11.1 Å². The van der Waals surface area contributed by atoms with E-state index in [4.69, 9.17) is 9.52 Å². The molecule has 5 heteroatoms. The molecule has 92 valence electrons. The number of hydrogen-bond donors (Lipinski definition) is 2.